The van der Waals surface area contributed by atoms with Crippen molar-refractivity contribution >= 4 is 22.4 Å². The number of nitrogens with one attached hydrogen (secondary N) is 1. The molecule has 152 valence electrons. The van der Waals surface area contributed by atoms with Gasteiger partial charge in [0.2, 0.25) is 0 Å². The molecule has 0 atom stereocenters. The van der Waals surface area contributed by atoms with Crippen LogP contribution >= 0.6 is 11.3 Å². The van der Waals surface area contributed by atoms with E-state index in [-0.39, 0.29) is 5.91 Å². The molecule has 0 unspecified atom stereocenters. The fraction of sp³-hybridized carbons (Fsp3) is 0.409. The van der Waals surface area contributed by atoms with Crippen LogP contribution in [-0.2, 0) is 6.54 Å². The number of aryl methyl sites for hydroxylation is 1. The Balaban J connectivity index is 1.45. The Morgan fingerprint density at radius 1 is 1.21 bits per heavy atom. The summed E-state index contributed by atoms with van der Waals surface area (Å²) in [4.78, 5) is 21.1. The van der Waals surface area contributed by atoms with Crippen LogP contribution in [0.4, 0.5) is 5.13 Å². The third kappa shape index (κ3) is 4.41. The number of likely N-dealkylation sites (tertiary alicyclic amines) is 1. The average Bonchev–Trinajstić information content (AvgIpc) is 3.26. The summed E-state index contributed by atoms with van der Waals surface area (Å²) in [7, 11) is 0. The predicted molar refractivity (Wildman–Crippen MR) is 117 cm³/mol. The van der Waals surface area contributed by atoms with E-state index in [1.54, 1.807) is 22.2 Å². The van der Waals surface area contributed by atoms with Gasteiger partial charge in [-0.05, 0) is 57.8 Å². The zero-order chi connectivity index (χ0) is 20.4. The van der Waals surface area contributed by atoms with E-state index in [1.807, 2.05) is 44.2 Å². The summed E-state index contributed by atoms with van der Waals surface area (Å²) < 4.78 is 1.78. The number of carbonyl (C=O) groups is 1. The monoisotopic (exact) mass is 409 g/mol. The van der Waals surface area contributed by atoms with Gasteiger partial charge in [-0.2, -0.15) is 5.10 Å². The fourth-order valence-corrected chi connectivity index (χ4v) is 4.68. The Kier molecular flexibility index (Phi) is 5.78. The molecule has 1 fully saturated rings. The molecule has 0 saturated carbocycles. The second-order valence-electron chi connectivity index (χ2n) is 7.83. The van der Waals surface area contributed by atoms with Gasteiger partial charge in [-0.3, -0.25) is 15.0 Å². The van der Waals surface area contributed by atoms with Crippen LogP contribution in [0.2, 0.25) is 0 Å². The number of hydrogen-bond acceptors (Lipinski definition) is 5. The molecule has 1 aliphatic heterocycles. The van der Waals surface area contributed by atoms with Crippen molar-refractivity contribution in [2.75, 3.05) is 18.4 Å². The lowest BCUT2D eigenvalue weighted by atomic mass is 9.99. The van der Waals surface area contributed by atoms with E-state index in [0.29, 0.717) is 10.7 Å². The first-order valence-electron chi connectivity index (χ1n) is 10.1. The molecule has 3 aromatic rings. The molecule has 1 aliphatic rings. The van der Waals surface area contributed by atoms with Crippen LogP contribution in [0.25, 0.3) is 5.69 Å². The molecule has 0 aliphatic carbocycles. The minimum Gasteiger partial charge on any atom is -0.298 e. The molecule has 0 bridgehead atoms. The second kappa shape index (κ2) is 8.47. The maximum absolute atomic E-state index is 12.8. The van der Waals surface area contributed by atoms with Gasteiger partial charge in [0, 0.05) is 11.4 Å². The molecule has 7 heteroatoms. The number of amides is 1. The van der Waals surface area contributed by atoms with Gasteiger partial charge in [-0.15, -0.1) is 11.3 Å². The van der Waals surface area contributed by atoms with E-state index < -0.39 is 0 Å². The zero-order valence-electron chi connectivity index (χ0n) is 17.2. The number of thiazole rings is 1. The predicted octanol–water partition coefficient (Wildman–Crippen LogP) is 4.43. The van der Waals surface area contributed by atoms with Crippen LogP contribution in [0, 0.1) is 19.8 Å². The van der Waals surface area contributed by atoms with Gasteiger partial charge in [0.25, 0.3) is 5.91 Å². The lowest BCUT2D eigenvalue weighted by Crippen LogP contribution is -2.32. The third-order valence-electron chi connectivity index (χ3n) is 5.61. The van der Waals surface area contributed by atoms with E-state index in [2.05, 4.69) is 27.2 Å². The van der Waals surface area contributed by atoms with Crippen LogP contribution in [0.15, 0.2) is 36.5 Å². The maximum Gasteiger partial charge on any atom is 0.260 e. The van der Waals surface area contributed by atoms with Crippen molar-refractivity contribution in [3.63, 3.8) is 0 Å². The van der Waals surface area contributed by atoms with E-state index in [9.17, 15) is 4.79 Å². The second-order valence-corrected chi connectivity index (χ2v) is 8.92. The van der Waals surface area contributed by atoms with E-state index >= 15 is 0 Å². The Morgan fingerprint density at radius 3 is 2.66 bits per heavy atom. The molecule has 29 heavy (non-hydrogen) atoms. The summed E-state index contributed by atoms with van der Waals surface area (Å²) >= 11 is 1.57. The summed E-state index contributed by atoms with van der Waals surface area (Å²) in [6.07, 6.45) is 4.13. The Hall–Kier alpha value is -2.51. The third-order valence-corrected chi connectivity index (χ3v) is 6.67. The molecule has 1 amide bonds. The number of benzene rings is 1. The molecule has 3 heterocycles. The molecule has 2 aromatic heterocycles. The number of nitrogens with zero attached hydrogens (tertiary/aromatic N) is 4. The SMILES string of the molecule is Cc1nc(NC(=O)c2cnn(-c3ccccc3)c2C)sc1CN1CCC(C)CC1. The molecular weight excluding hydrogens is 382 g/mol. The van der Waals surface area contributed by atoms with E-state index in [0.717, 1.165) is 42.6 Å². The largest absolute Gasteiger partial charge is 0.298 e. The van der Waals surface area contributed by atoms with Crippen LogP contribution < -0.4 is 5.32 Å². The maximum atomic E-state index is 12.8. The van der Waals surface area contributed by atoms with E-state index in [1.165, 1.54) is 17.7 Å². The standard InChI is InChI=1S/C22H27N5OS/c1-15-9-11-26(12-10-15)14-20-16(2)24-22(29-20)25-21(28)19-13-23-27(17(19)3)18-7-5-4-6-8-18/h4-8,13,15H,9-12,14H2,1-3H3,(H,24,25,28). The molecular formula is C22H27N5OS. The van der Waals surface area contributed by atoms with Gasteiger partial charge in [-0.25, -0.2) is 9.67 Å². The van der Waals surface area contributed by atoms with Gasteiger partial charge in [0.1, 0.15) is 0 Å². The summed E-state index contributed by atoms with van der Waals surface area (Å²) in [6.45, 7) is 9.44. The first-order valence-corrected chi connectivity index (χ1v) is 10.9. The van der Waals surface area contributed by atoms with Gasteiger partial charge in [0.05, 0.1) is 28.8 Å². The van der Waals surface area contributed by atoms with Crippen molar-refractivity contribution in [3.05, 3.63) is 58.4 Å². The quantitative estimate of drug-likeness (QED) is 0.677. The molecule has 4 rings (SSSR count). The van der Waals surface area contributed by atoms with Gasteiger partial charge < -0.3 is 0 Å². The number of carbonyl (C=O) groups excluding carboxylic acids is 1. The number of piperidine rings is 1. The normalized spacial score (nSPS) is 15.6. The van der Waals surface area contributed by atoms with Crippen LogP contribution in [0.1, 0.15) is 46.4 Å². The number of hydrogen-bond donors (Lipinski definition) is 1. The summed E-state index contributed by atoms with van der Waals surface area (Å²) in [5.41, 5.74) is 3.31. The number of rotatable bonds is 5. The van der Waals surface area contributed by atoms with Gasteiger partial charge in [-0.1, -0.05) is 25.1 Å². The number of aromatic nitrogens is 3. The van der Waals surface area contributed by atoms with Crippen molar-refractivity contribution in [1.29, 1.82) is 0 Å². The summed E-state index contributed by atoms with van der Waals surface area (Å²) in [6, 6.07) is 9.82. The smallest absolute Gasteiger partial charge is 0.260 e. The Labute approximate surface area is 175 Å². The topological polar surface area (TPSA) is 63.1 Å². The highest BCUT2D eigenvalue weighted by Crippen LogP contribution is 2.27. The van der Waals surface area contributed by atoms with Gasteiger partial charge >= 0.3 is 0 Å². The van der Waals surface area contributed by atoms with Crippen LogP contribution in [-0.4, -0.2) is 38.7 Å². The minimum atomic E-state index is -0.170. The summed E-state index contributed by atoms with van der Waals surface area (Å²) in [5, 5.41) is 8.01. The van der Waals surface area contributed by atoms with Crippen molar-refractivity contribution in [2.24, 2.45) is 5.92 Å². The fourth-order valence-electron chi connectivity index (χ4n) is 3.68. The first-order chi connectivity index (χ1) is 14.0. The van der Waals surface area contributed by atoms with Crippen LogP contribution in [0.5, 0.6) is 0 Å². The number of para-hydroxylation sites is 1. The highest BCUT2D eigenvalue weighted by atomic mass is 32.1. The lowest BCUT2D eigenvalue weighted by molar-refractivity contribution is 0.102. The zero-order valence-corrected chi connectivity index (χ0v) is 18.0. The van der Waals surface area contributed by atoms with Crippen molar-refractivity contribution in [3.8, 4) is 5.69 Å². The molecule has 6 nitrogen and oxygen atoms in total. The molecule has 1 saturated heterocycles. The average molecular weight is 410 g/mol. The van der Waals surface area contributed by atoms with Crippen LogP contribution in [0.3, 0.4) is 0 Å². The highest BCUT2D eigenvalue weighted by Gasteiger charge is 2.20. The van der Waals surface area contributed by atoms with Gasteiger partial charge in [0.15, 0.2) is 5.13 Å². The highest BCUT2D eigenvalue weighted by molar-refractivity contribution is 7.15. The molecule has 1 aromatic carbocycles. The Bertz CT molecular complexity index is 986. The molecule has 0 radical (unpaired) electrons. The number of anilines is 1. The van der Waals surface area contributed by atoms with E-state index in [4.69, 9.17) is 0 Å². The summed E-state index contributed by atoms with van der Waals surface area (Å²) in [5.74, 6) is 0.653. The first kappa shape index (κ1) is 19.8. The Morgan fingerprint density at radius 2 is 1.93 bits per heavy atom. The minimum absolute atomic E-state index is 0.170. The van der Waals surface area contributed by atoms with Crippen molar-refractivity contribution in [2.45, 2.75) is 40.2 Å². The van der Waals surface area contributed by atoms with Crippen molar-refractivity contribution < 1.29 is 4.79 Å². The molecule has 0 spiro atoms. The van der Waals surface area contributed by atoms with Crippen molar-refractivity contribution in [1.82, 2.24) is 19.7 Å². The molecule has 1 N–H and O–H groups in total. The lowest BCUT2D eigenvalue weighted by Gasteiger charge is -2.29.